The van der Waals surface area contributed by atoms with Gasteiger partial charge in [-0.2, -0.15) is 5.10 Å². The third kappa shape index (κ3) is 3.63. The quantitative estimate of drug-likeness (QED) is 0.637. The molecule has 1 atom stereocenters. The van der Waals surface area contributed by atoms with Crippen molar-refractivity contribution in [3.8, 4) is 0 Å². The molecular formula is C15H10F2N4O3S. The molecule has 1 fully saturated rings. The van der Waals surface area contributed by atoms with Crippen molar-refractivity contribution in [3.63, 3.8) is 0 Å². The minimum Gasteiger partial charge on any atom is -0.481 e. The second-order valence-electron chi connectivity index (χ2n) is 5.00. The monoisotopic (exact) mass is 364 g/mol. The zero-order valence-corrected chi connectivity index (χ0v) is 13.3. The number of pyridine rings is 1. The number of hydrogen-bond acceptors (Lipinski definition) is 6. The number of carboxylic acids is 1. The molecule has 1 amide bonds. The lowest BCUT2D eigenvalue weighted by Crippen LogP contribution is -2.26. The molecule has 2 aromatic rings. The van der Waals surface area contributed by atoms with E-state index in [0.717, 1.165) is 24.0 Å². The minimum absolute atomic E-state index is 0.0655. The summed E-state index contributed by atoms with van der Waals surface area (Å²) >= 11 is 0.890. The molecule has 1 aromatic carbocycles. The van der Waals surface area contributed by atoms with E-state index in [1.54, 1.807) is 0 Å². The molecule has 10 heteroatoms. The van der Waals surface area contributed by atoms with Crippen molar-refractivity contribution in [2.75, 3.05) is 0 Å². The Bertz CT molecular complexity index is 932. The first-order chi connectivity index (χ1) is 12.0. The van der Waals surface area contributed by atoms with Crippen molar-refractivity contribution in [3.05, 3.63) is 41.6 Å². The van der Waals surface area contributed by atoms with E-state index in [4.69, 9.17) is 5.11 Å². The summed E-state index contributed by atoms with van der Waals surface area (Å²) in [7, 11) is 0. The Morgan fingerprint density at radius 3 is 3.04 bits per heavy atom. The van der Waals surface area contributed by atoms with E-state index in [-0.39, 0.29) is 28.1 Å². The summed E-state index contributed by atoms with van der Waals surface area (Å²) in [5, 5.41) is 17.7. The maximum absolute atomic E-state index is 14.3. The largest absolute Gasteiger partial charge is 0.481 e. The molecule has 1 unspecified atom stereocenters. The number of amides is 1. The lowest BCUT2D eigenvalue weighted by molar-refractivity contribution is -0.138. The molecule has 0 radical (unpaired) electrons. The molecule has 2 heterocycles. The van der Waals surface area contributed by atoms with Crippen LogP contribution in [0.25, 0.3) is 10.9 Å². The molecular weight excluding hydrogens is 354 g/mol. The number of nitrogens with zero attached hydrogens (tertiary/aromatic N) is 3. The second-order valence-corrected chi connectivity index (χ2v) is 6.19. The van der Waals surface area contributed by atoms with E-state index in [0.29, 0.717) is 0 Å². The first kappa shape index (κ1) is 17.0. The molecule has 128 valence electrons. The average Bonchev–Trinajstić information content (AvgIpc) is 2.89. The molecule has 0 aliphatic carbocycles. The van der Waals surface area contributed by atoms with Crippen LogP contribution in [0.15, 0.2) is 34.6 Å². The Morgan fingerprint density at radius 1 is 1.48 bits per heavy atom. The molecule has 0 spiro atoms. The zero-order chi connectivity index (χ0) is 18.0. The lowest BCUT2D eigenvalue weighted by Gasteiger charge is -2.03. The van der Waals surface area contributed by atoms with Gasteiger partial charge in [-0.3, -0.25) is 14.6 Å². The molecule has 1 aromatic heterocycles. The number of amidine groups is 1. The summed E-state index contributed by atoms with van der Waals surface area (Å²) in [5.41, 5.74) is -0.211. The van der Waals surface area contributed by atoms with E-state index >= 15 is 0 Å². The van der Waals surface area contributed by atoms with Gasteiger partial charge in [0.2, 0.25) is 5.91 Å². The highest BCUT2D eigenvalue weighted by Gasteiger charge is 2.32. The zero-order valence-electron chi connectivity index (χ0n) is 12.4. The van der Waals surface area contributed by atoms with E-state index in [9.17, 15) is 18.4 Å². The van der Waals surface area contributed by atoms with Crippen molar-refractivity contribution in [1.29, 1.82) is 0 Å². The summed E-state index contributed by atoms with van der Waals surface area (Å²) in [5.74, 6) is -3.29. The first-order valence-corrected chi connectivity index (χ1v) is 7.86. The number of carbonyl (C=O) groups excluding carboxylic acids is 1. The predicted molar refractivity (Wildman–Crippen MR) is 88.5 cm³/mol. The van der Waals surface area contributed by atoms with Crippen LogP contribution in [0.3, 0.4) is 0 Å². The van der Waals surface area contributed by atoms with Gasteiger partial charge in [0, 0.05) is 17.6 Å². The van der Waals surface area contributed by atoms with Crippen LogP contribution in [0.1, 0.15) is 12.0 Å². The summed E-state index contributed by atoms with van der Waals surface area (Å²) in [6.45, 7) is 0. The predicted octanol–water partition coefficient (Wildman–Crippen LogP) is 1.91. The fourth-order valence-electron chi connectivity index (χ4n) is 2.17. The van der Waals surface area contributed by atoms with Gasteiger partial charge < -0.3 is 10.4 Å². The molecule has 0 saturated carbocycles. The maximum Gasteiger partial charge on any atom is 0.305 e. The number of rotatable bonds is 4. The maximum atomic E-state index is 14.3. The fraction of sp³-hybridized carbons (Fsp3) is 0.133. The Labute approximate surface area is 143 Å². The molecule has 3 rings (SSSR count). The number of thioether (sulfide) groups is 1. The molecule has 1 aliphatic rings. The molecule has 2 N–H and O–H groups in total. The molecule has 7 nitrogen and oxygen atoms in total. The van der Waals surface area contributed by atoms with Crippen molar-refractivity contribution < 1.29 is 23.5 Å². The van der Waals surface area contributed by atoms with Crippen LogP contribution in [0, 0.1) is 11.6 Å². The summed E-state index contributed by atoms with van der Waals surface area (Å²) in [4.78, 5) is 26.1. The Kier molecular flexibility index (Phi) is 4.70. The summed E-state index contributed by atoms with van der Waals surface area (Å²) in [6.07, 6.45) is 1.95. The van der Waals surface area contributed by atoms with Gasteiger partial charge in [-0.15, -0.1) is 5.10 Å². The average molecular weight is 364 g/mol. The first-order valence-electron chi connectivity index (χ1n) is 6.99. The van der Waals surface area contributed by atoms with E-state index < -0.39 is 28.8 Å². The van der Waals surface area contributed by atoms with Crippen LogP contribution in [0.5, 0.6) is 0 Å². The van der Waals surface area contributed by atoms with Crippen molar-refractivity contribution in [2.24, 2.45) is 10.2 Å². The van der Waals surface area contributed by atoms with Gasteiger partial charge in [0.1, 0.15) is 16.9 Å². The highest BCUT2D eigenvalue weighted by atomic mass is 32.2. The van der Waals surface area contributed by atoms with E-state index in [1.807, 2.05) is 0 Å². The van der Waals surface area contributed by atoms with Crippen molar-refractivity contribution in [2.45, 2.75) is 11.7 Å². The number of nitrogens with one attached hydrogen (secondary N) is 1. The lowest BCUT2D eigenvalue weighted by atomic mass is 10.1. The highest BCUT2D eigenvalue weighted by Crippen LogP contribution is 2.23. The number of hydrogen-bond donors (Lipinski definition) is 2. The number of benzene rings is 1. The van der Waals surface area contributed by atoms with Crippen LogP contribution in [-0.2, 0) is 9.59 Å². The van der Waals surface area contributed by atoms with Gasteiger partial charge in [-0.25, -0.2) is 8.78 Å². The van der Waals surface area contributed by atoms with E-state index in [2.05, 4.69) is 20.5 Å². The summed E-state index contributed by atoms with van der Waals surface area (Å²) < 4.78 is 28.3. The number of aliphatic carboxylic acids is 1. The summed E-state index contributed by atoms with van der Waals surface area (Å²) in [6, 6.07) is 4.07. The van der Waals surface area contributed by atoms with Gasteiger partial charge >= 0.3 is 5.97 Å². The molecule has 1 saturated heterocycles. The fourth-order valence-corrected chi connectivity index (χ4v) is 3.08. The molecule has 25 heavy (non-hydrogen) atoms. The number of carboxylic acid groups (broad SMARTS) is 1. The van der Waals surface area contributed by atoms with Gasteiger partial charge in [0.25, 0.3) is 0 Å². The number of fused-ring (bicyclic) bond motifs is 1. The van der Waals surface area contributed by atoms with Crippen molar-refractivity contribution in [1.82, 2.24) is 10.3 Å². The Balaban J connectivity index is 1.82. The number of aromatic nitrogens is 1. The molecule has 1 aliphatic heterocycles. The number of carbonyl (C=O) groups is 2. The Morgan fingerprint density at radius 2 is 2.28 bits per heavy atom. The smallest absolute Gasteiger partial charge is 0.305 e. The van der Waals surface area contributed by atoms with Crippen LogP contribution >= 0.6 is 11.8 Å². The van der Waals surface area contributed by atoms with Gasteiger partial charge in [-0.1, -0.05) is 11.8 Å². The molecule has 0 bridgehead atoms. The third-order valence-electron chi connectivity index (χ3n) is 3.30. The standard InChI is InChI=1S/C15H10F2N4O3S/c16-9-4-10-7(2-1-3-18-10)13(17)8(9)6-19-21-15-20-14(24)11(25-15)5-12(22)23/h1-4,6,11H,5H2,(H,22,23)(H,20,21,24). The van der Waals surface area contributed by atoms with Gasteiger partial charge in [-0.05, 0) is 12.1 Å². The van der Waals surface area contributed by atoms with E-state index in [1.165, 1.54) is 18.3 Å². The topological polar surface area (TPSA) is 104 Å². The third-order valence-corrected chi connectivity index (χ3v) is 4.38. The Hall–Kier alpha value is -2.88. The van der Waals surface area contributed by atoms with Crippen LogP contribution in [-0.4, -0.2) is 38.6 Å². The second kappa shape index (κ2) is 6.93. The minimum atomic E-state index is -1.12. The van der Waals surface area contributed by atoms with Gasteiger partial charge in [0.15, 0.2) is 5.17 Å². The van der Waals surface area contributed by atoms with Crippen molar-refractivity contribution >= 4 is 45.9 Å². The van der Waals surface area contributed by atoms with Gasteiger partial charge in [0.05, 0.1) is 23.7 Å². The highest BCUT2D eigenvalue weighted by molar-refractivity contribution is 8.15. The number of halogens is 2. The van der Waals surface area contributed by atoms with Crippen LogP contribution in [0.4, 0.5) is 8.78 Å². The normalized spacial score (nSPS) is 19.0. The SMILES string of the molecule is O=C(O)CC1SC(=NN=Cc2c(F)cc3ncccc3c2F)NC1=O. The van der Waals surface area contributed by atoms with Crippen LogP contribution < -0.4 is 5.32 Å². The van der Waals surface area contributed by atoms with Crippen LogP contribution in [0.2, 0.25) is 0 Å².